The first-order valence-electron chi connectivity index (χ1n) is 15.9. The number of unbranched alkanes of at least 4 members (excludes halogenated alkanes) is 3. The predicted octanol–water partition coefficient (Wildman–Crippen LogP) is 5.17. The van der Waals surface area contributed by atoms with Crippen LogP contribution in [0.5, 0.6) is 0 Å². The van der Waals surface area contributed by atoms with Gasteiger partial charge >= 0.3 is 280 Å². The Morgan fingerprint density at radius 3 is 1.70 bits per heavy atom. The minimum atomic E-state index is -3.83. The Labute approximate surface area is 278 Å². The van der Waals surface area contributed by atoms with Gasteiger partial charge in [-0.1, -0.05) is 0 Å². The van der Waals surface area contributed by atoms with E-state index in [2.05, 4.69) is 0 Å². The molecule has 12 nitrogen and oxygen atoms in total. The molecule has 2 rings (SSSR count). The van der Waals surface area contributed by atoms with E-state index in [4.69, 9.17) is 18.1 Å². The van der Waals surface area contributed by atoms with Crippen LogP contribution >= 0.6 is 0 Å². The van der Waals surface area contributed by atoms with Crippen LogP contribution in [0.2, 0.25) is 0 Å². The second-order valence-electron chi connectivity index (χ2n) is 11.6. The predicted molar refractivity (Wildman–Crippen MR) is 159 cm³/mol. The van der Waals surface area contributed by atoms with E-state index in [9.17, 15) is 28.8 Å². The van der Waals surface area contributed by atoms with Gasteiger partial charge in [0.2, 0.25) is 0 Å². The van der Waals surface area contributed by atoms with Crippen LogP contribution in [0.4, 0.5) is 0 Å². The van der Waals surface area contributed by atoms with E-state index in [1.165, 1.54) is 0 Å². The van der Waals surface area contributed by atoms with E-state index >= 15 is 0 Å². The van der Waals surface area contributed by atoms with Crippen molar-refractivity contribution in [2.24, 2.45) is 17.8 Å². The van der Waals surface area contributed by atoms with Gasteiger partial charge in [-0.3, -0.25) is 0 Å². The molecule has 2 aliphatic heterocycles. The summed E-state index contributed by atoms with van der Waals surface area (Å²) in [6, 6.07) is 0. The molecule has 2 aliphatic rings. The molecule has 0 amide bonds. The maximum atomic E-state index is 12.7. The van der Waals surface area contributed by atoms with E-state index in [0.717, 1.165) is 44.9 Å². The van der Waals surface area contributed by atoms with Crippen LogP contribution in [0.3, 0.4) is 0 Å². The van der Waals surface area contributed by atoms with Crippen LogP contribution in [0.1, 0.15) is 136 Å². The molecule has 3 atom stereocenters. The number of hydrogen-bond donors (Lipinski definition) is 0. The summed E-state index contributed by atoms with van der Waals surface area (Å²) in [5.41, 5.74) is 0. The Balaban J connectivity index is 1.71. The van der Waals surface area contributed by atoms with Gasteiger partial charge in [0.15, 0.2) is 0 Å². The zero-order chi connectivity index (χ0) is 32.3. The Morgan fingerprint density at radius 1 is 0.682 bits per heavy atom. The zero-order valence-corrected chi connectivity index (χ0v) is 31.4. The molecule has 2 heterocycles. The molecule has 0 aliphatic carbocycles. The summed E-state index contributed by atoms with van der Waals surface area (Å²) in [5, 5.41) is 0. The maximum absolute atomic E-state index is 12.7. The van der Waals surface area contributed by atoms with Crippen molar-refractivity contribution in [3.63, 3.8) is 0 Å². The van der Waals surface area contributed by atoms with Crippen LogP contribution in [-0.2, 0) is 46.9 Å². The van der Waals surface area contributed by atoms with Gasteiger partial charge in [-0.25, -0.2) is 0 Å². The average Bonchev–Trinajstić information content (AvgIpc) is 2.96. The van der Waals surface area contributed by atoms with Gasteiger partial charge in [0.1, 0.15) is 0 Å². The van der Waals surface area contributed by atoms with Crippen molar-refractivity contribution in [1.82, 2.24) is 0 Å². The van der Waals surface area contributed by atoms with Crippen LogP contribution in [0, 0.1) is 17.8 Å². The Bertz CT molecular complexity index is 958. The van der Waals surface area contributed by atoms with Crippen LogP contribution in [0.25, 0.3) is 0 Å². The standard InChI is InChI=1S/3C10H18O4.2Sb/c3*1-8(10(13)14)6-4-2-3-5-7-9(11)12;;/h3*8H,2-7H2,1H3,(H,11,12)(H,13,14);;/q;;;2*+3/p-6. The van der Waals surface area contributed by atoms with Gasteiger partial charge in [-0.2, -0.15) is 0 Å². The summed E-state index contributed by atoms with van der Waals surface area (Å²) in [7, 11) is 0. The molecule has 3 unspecified atom stereocenters. The second kappa shape index (κ2) is 22.1. The Kier molecular flexibility index (Phi) is 19.4. The molecular formula is C30H48O12Sb2. The summed E-state index contributed by atoms with van der Waals surface area (Å²) in [4.78, 5) is 74.1. The molecule has 0 radical (unpaired) electrons. The zero-order valence-electron chi connectivity index (χ0n) is 26.3. The molecular weight excluding hydrogens is 796 g/mol. The first-order valence-corrected chi connectivity index (χ1v) is 22.2. The Hall–Kier alpha value is -1.54. The number of rotatable bonds is 10. The molecule has 44 heavy (non-hydrogen) atoms. The SMILES string of the molecule is CC1CCCCCCC(=O)[O][Sb]([O]C(=O)CCCCCCC(C)C(=O)[O][Sb]2[O]C(=O)CCCCCCC(C)C(=O)[O]2)[O]C1=O. The molecule has 0 N–H and O–H groups in total. The molecule has 14 heteroatoms. The first kappa shape index (κ1) is 38.6. The van der Waals surface area contributed by atoms with Crippen molar-refractivity contribution >= 4 is 78.8 Å². The van der Waals surface area contributed by atoms with Crippen molar-refractivity contribution in [3.05, 3.63) is 0 Å². The van der Waals surface area contributed by atoms with Crippen LogP contribution in [0.15, 0.2) is 0 Å². The fraction of sp³-hybridized carbons (Fsp3) is 0.800. The molecule has 2 saturated heterocycles. The van der Waals surface area contributed by atoms with Crippen LogP contribution < -0.4 is 0 Å². The van der Waals surface area contributed by atoms with Crippen molar-refractivity contribution in [2.45, 2.75) is 136 Å². The number of hydrogen-bond acceptors (Lipinski definition) is 12. The van der Waals surface area contributed by atoms with Gasteiger partial charge in [0.05, 0.1) is 0 Å². The van der Waals surface area contributed by atoms with E-state index in [1.807, 2.05) is 0 Å². The monoisotopic (exact) mass is 842 g/mol. The molecule has 0 spiro atoms. The van der Waals surface area contributed by atoms with Gasteiger partial charge in [-0.15, -0.1) is 0 Å². The van der Waals surface area contributed by atoms with E-state index in [0.29, 0.717) is 51.4 Å². The fourth-order valence-electron chi connectivity index (χ4n) is 4.56. The van der Waals surface area contributed by atoms with Crippen LogP contribution in [-0.4, -0.2) is 78.8 Å². The summed E-state index contributed by atoms with van der Waals surface area (Å²) in [6.07, 6.45) is 11.7. The molecule has 0 bridgehead atoms. The van der Waals surface area contributed by atoms with Gasteiger partial charge in [0, 0.05) is 0 Å². The van der Waals surface area contributed by atoms with Gasteiger partial charge < -0.3 is 0 Å². The summed E-state index contributed by atoms with van der Waals surface area (Å²) in [6.45, 7) is 5.22. The van der Waals surface area contributed by atoms with Crippen molar-refractivity contribution in [2.75, 3.05) is 0 Å². The topological polar surface area (TPSA) is 158 Å². The third-order valence-corrected chi connectivity index (χ3v) is 13.4. The normalized spacial score (nSPS) is 23.2. The number of carbonyl (C=O) groups excluding carboxylic acids is 6. The minimum absolute atomic E-state index is 0.0905. The van der Waals surface area contributed by atoms with Gasteiger partial charge in [0.25, 0.3) is 0 Å². The van der Waals surface area contributed by atoms with Crippen molar-refractivity contribution in [1.29, 1.82) is 0 Å². The third kappa shape index (κ3) is 16.7. The fourth-order valence-corrected chi connectivity index (χ4v) is 10.2. The van der Waals surface area contributed by atoms with E-state index < -0.39 is 84.7 Å². The van der Waals surface area contributed by atoms with E-state index in [-0.39, 0.29) is 31.1 Å². The van der Waals surface area contributed by atoms with Crippen molar-refractivity contribution < 1.29 is 46.9 Å². The average molecular weight is 844 g/mol. The first-order chi connectivity index (χ1) is 21.0. The molecule has 2 fully saturated rings. The molecule has 0 aromatic carbocycles. The number of carbonyl (C=O) groups is 6. The summed E-state index contributed by atoms with van der Waals surface area (Å²) in [5.74, 6) is -4.32. The molecule has 0 saturated carbocycles. The summed E-state index contributed by atoms with van der Waals surface area (Å²) >= 11 is -7.63. The molecule has 0 aromatic heterocycles. The summed E-state index contributed by atoms with van der Waals surface area (Å²) < 4.78 is 32.1. The third-order valence-electron chi connectivity index (χ3n) is 7.53. The molecule has 250 valence electrons. The molecule has 0 aromatic rings. The van der Waals surface area contributed by atoms with Gasteiger partial charge in [-0.05, 0) is 0 Å². The quantitative estimate of drug-likeness (QED) is 0.210. The van der Waals surface area contributed by atoms with Crippen molar-refractivity contribution in [3.8, 4) is 0 Å². The van der Waals surface area contributed by atoms with E-state index in [1.54, 1.807) is 20.8 Å². The Morgan fingerprint density at radius 2 is 1.16 bits per heavy atom. The second-order valence-corrected chi connectivity index (χ2v) is 17.3.